The predicted octanol–water partition coefficient (Wildman–Crippen LogP) is 3.70. The fourth-order valence-corrected chi connectivity index (χ4v) is 4.29. The van der Waals surface area contributed by atoms with E-state index >= 15 is 0 Å². The molecule has 0 bridgehead atoms. The molecule has 0 spiro atoms. The summed E-state index contributed by atoms with van der Waals surface area (Å²) in [6.45, 7) is 10.1. The number of rotatable bonds is 6. The number of nitrogens with one attached hydrogen (secondary N) is 1. The summed E-state index contributed by atoms with van der Waals surface area (Å²) >= 11 is 3.47. The third kappa shape index (κ3) is 3.87. The molecule has 2 heterocycles. The van der Waals surface area contributed by atoms with Gasteiger partial charge in [-0.2, -0.15) is 0 Å². The van der Waals surface area contributed by atoms with Crippen molar-refractivity contribution in [2.24, 2.45) is 0 Å². The molecule has 142 valence electrons. The van der Waals surface area contributed by atoms with Crippen molar-refractivity contribution < 1.29 is 0 Å². The van der Waals surface area contributed by atoms with Crippen LogP contribution in [-0.4, -0.2) is 40.1 Å². The fourth-order valence-electron chi connectivity index (χ4n) is 3.93. The minimum Gasteiger partial charge on any atom is -0.311 e. The SMILES string of the molecule is CCC[C@H](c1nc2ccc(Br)cc2c(=O)n1CC)N1CCN[C@@H](CC)C1. The summed E-state index contributed by atoms with van der Waals surface area (Å²) < 4.78 is 2.79. The average Bonchev–Trinajstić information content (AvgIpc) is 2.66. The molecular formula is C20H29BrN4O. The van der Waals surface area contributed by atoms with Gasteiger partial charge in [-0.3, -0.25) is 14.3 Å². The van der Waals surface area contributed by atoms with Crippen LogP contribution in [0.15, 0.2) is 27.5 Å². The van der Waals surface area contributed by atoms with Crippen molar-refractivity contribution in [1.82, 2.24) is 19.8 Å². The van der Waals surface area contributed by atoms with Gasteiger partial charge in [0.1, 0.15) is 5.82 Å². The van der Waals surface area contributed by atoms with Crippen molar-refractivity contribution in [2.75, 3.05) is 19.6 Å². The van der Waals surface area contributed by atoms with Gasteiger partial charge in [0.2, 0.25) is 0 Å². The minimum atomic E-state index is 0.0667. The number of fused-ring (bicyclic) bond motifs is 1. The van der Waals surface area contributed by atoms with Crippen LogP contribution in [0.4, 0.5) is 0 Å². The van der Waals surface area contributed by atoms with Gasteiger partial charge in [-0.25, -0.2) is 4.98 Å². The summed E-state index contributed by atoms with van der Waals surface area (Å²) in [7, 11) is 0. The molecule has 1 N–H and O–H groups in total. The van der Waals surface area contributed by atoms with E-state index in [9.17, 15) is 4.79 Å². The molecule has 0 saturated carbocycles. The van der Waals surface area contributed by atoms with Crippen molar-refractivity contribution in [3.8, 4) is 0 Å². The summed E-state index contributed by atoms with van der Waals surface area (Å²) in [5.41, 5.74) is 0.859. The zero-order valence-electron chi connectivity index (χ0n) is 16.0. The Kier molecular flexibility index (Phi) is 6.48. The lowest BCUT2D eigenvalue weighted by molar-refractivity contribution is 0.126. The van der Waals surface area contributed by atoms with Gasteiger partial charge in [0.15, 0.2) is 0 Å². The summed E-state index contributed by atoms with van der Waals surface area (Å²) in [4.78, 5) is 20.6. The van der Waals surface area contributed by atoms with E-state index < -0.39 is 0 Å². The lowest BCUT2D eigenvalue weighted by Crippen LogP contribution is -2.52. The normalized spacial score (nSPS) is 19.8. The summed E-state index contributed by atoms with van der Waals surface area (Å²) in [6.07, 6.45) is 3.21. The number of hydrogen-bond acceptors (Lipinski definition) is 4. The highest BCUT2D eigenvalue weighted by molar-refractivity contribution is 9.10. The van der Waals surface area contributed by atoms with Gasteiger partial charge in [0, 0.05) is 36.7 Å². The van der Waals surface area contributed by atoms with Crippen LogP contribution in [0.25, 0.3) is 10.9 Å². The van der Waals surface area contributed by atoms with Crippen LogP contribution in [0.5, 0.6) is 0 Å². The van der Waals surface area contributed by atoms with E-state index in [4.69, 9.17) is 4.98 Å². The first kappa shape index (κ1) is 19.5. The minimum absolute atomic E-state index is 0.0667. The van der Waals surface area contributed by atoms with Crippen molar-refractivity contribution >= 4 is 26.8 Å². The Hall–Kier alpha value is -1.24. The van der Waals surface area contributed by atoms with E-state index in [0.29, 0.717) is 18.0 Å². The molecule has 1 fully saturated rings. The number of aromatic nitrogens is 2. The second kappa shape index (κ2) is 8.63. The smallest absolute Gasteiger partial charge is 0.261 e. The highest BCUT2D eigenvalue weighted by atomic mass is 79.9. The third-order valence-electron chi connectivity index (χ3n) is 5.34. The summed E-state index contributed by atoms with van der Waals surface area (Å²) in [5.74, 6) is 0.922. The Bertz CT molecular complexity index is 819. The number of nitrogens with zero attached hydrogens (tertiary/aromatic N) is 3. The van der Waals surface area contributed by atoms with Crippen LogP contribution < -0.4 is 10.9 Å². The highest BCUT2D eigenvalue weighted by Gasteiger charge is 2.29. The van der Waals surface area contributed by atoms with Crippen molar-refractivity contribution in [3.63, 3.8) is 0 Å². The Balaban J connectivity index is 2.10. The second-order valence-corrected chi connectivity index (χ2v) is 7.96. The Labute approximate surface area is 163 Å². The molecule has 2 atom stereocenters. The topological polar surface area (TPSA) is 50.2 Å². The standard InChI is InChI=1S/C20H29BrN4O/c1-4-7-18(24-11-10-22-15(5-2)13-24)19-23-17-9-8-14(21)12-16(17)20(26)25(19)6-3/h8-9,12,15,18,22H,4-7,10-11,13H2,1-3H3/t15-,18+/m0/s1. The first-order valence-electron chi connectivity index (χ1n) is 9.76. The molecule has 5 nitrogen and oxygen atoms in total. The molecule has 1 aliphatic rings. The molecule has 1 saturated heterocycles. The maximum Gasteiger partial charge on any atom is 0.261 e. The molecule has 0 unspecified atom stereocenters. The van der Waals surface area contributed by atoms with Crippen LogP contribution in [-0.2, 0) is 6.54 Å². The molecule has 1 aliphatic heterocycles. The molecular weight excluding hydrogens is 392 g/mol. The Morgan fingerprint density at radius 3 is 2.85 bits per heavy atom. The number of hydrogen-bond donors (Lipinski definition) is 1. The van der Waals surface area contributed by atoms with Crippen LogP contribution >= 0.6 is 15.9 Å². The summed E-state index contributed by atoms with van der Waals surface area (Å²) in [5, 5.41) is 4.27. The molecule has 0 aliphatic carbocycles. The molecule has 2 aromatic rings. The first-order chi connectivity index (χ1) is 12.6. The predicted molar refractivity (Wildman–Crippen MR) is 111 cm³/mol. The molecule has 26 heavy (non-hydrogen) atoms. The van der Waals surface area contributed by atoms with Gasteiger partial charge in [0.05, 0.1) is 16.9 Å². The molecule has 1 aromatic carbocycles. The zero-order chi connectivity index (χ0) is 18.7. The van der Waals surface area contributed by atoms with Crippen molar-refractivity contribution in [2.45, 2.75) is 58.7 Å². The molecule has 6 heteroatoms. The fraction of sp³-hybridized carbons (Fsp3) is 0.600. The van der Waals surface area contributed by atoms with Crippen molar-refractivity contribution in [1.29, 1.82) is 0 Å². The van der Waals surface area contributed by atoms with E-state index in [-0.39, 0.29) is 11.6 Å². The number of benzene rings is 1. The van der Waals surface area contributed by atoms with Gasteiger partial charge in [-0.1, -0.05) is 36.2 Å². The number of piperazine rings is 1. The molecule has 1 aromatic heterocycles. The van der Waals surface area contributed by atoms with Crippen LogP contribution in [0.2, 0.25) is 0 Å². The van der Waals surface area contributed by atoms with E-state index in [1.807, 2.05) is 29.7 Å². The molecule has 0 amide bonds. The monoisotopic (exact) mass is 420 g/mol. The van der Waals surface area contributed by atoms with Crippen molar-refractivity contribution in [3.05, 3.63) is 38.9 Å². The van der Waals surface area contributed by atoms with E-state index in [1.165, 1.54) is 0 Å². The highest BCUT2D eigenvalue weighted by Crippen LogP contribution is 2.27. The van der Waals surface area contributed by atoms with Gasteiger partial charge < -0.3 is 5.32 Å². The largest absolute Gasteiger partial charge is 0.311 e. The second-order valence-electron chi connectivity index (χ2n) is 7.04. The van der Waals surface area contributed by atoms with Gasteiger partial charge in [-0.05, 0) is 38.0 Å². The lowest BCUT2D eigenvalue weighted by atomic mass is 10.0. The van der Waals surface area contributed by atoms with E-state index in [1.54, 1.807) is 0 Å². The summed E-state index contributed by atoms with van der Waals surface area (Å²) in [6, 6.07) is 6.49. The van der Waals surface area contributed by atoms with Gasteiger partial charge in [-0.15, -0.1) is 0 Å². The Morgan fingerprint density at radius 2 is 2.15 bits per heavy atom. The first-order valence-corrected chi connectivity index (χ1v) is 10.6. The average molecular weight is 421 g/mol. The molecule has 3 rings (SSSR count). The van der Waals surface area contributed by atoms with Crippen LogP contribution in [0.1, 0.15) is 51.9 Å². The van der Waals surface area contributed by atoms with Crippen LogP contribution in [0.3, 0.4) is 0 Å². The Morgan fingerprint density at radius 1 is 1.35 bits per heavy atom. The van der Waals surface area contributed by atoms with E-state index in [0.717, 1.165) is 54.7 Å². The van der Waals surface area contributed by atoms with Crippen LogP contribution in [0, 0.1) is 0 Å². The van der Waals surface area contributed by atoms with E-state index in [2.05, 4.69) is 40.0 Å². The quantitative estimate of drug-likeness (QED) is 0.773. The zero-order valence-corrected chi connectivity index (χ0v) is 17.6. The maximum absolute atomic E-state index is 13.1. The van der Waals surface area contributed by atoms with Gasteiger partial charge >= 0.3 is 0 Å². The maximum atomic E-state index is 13.1. The number of halogens is 1. The molecule has 0 radical (unpaired) electrons. The lowest BCUT2D eigenvalue weighted by Gasteiger charge is -2.39. The van der Waals surface area contributed by atoms with Gasteiger partial charge in [0.25, 0.3) is 5.56 Å². The third-order valence-corrected chi connectivity index (χ3v) is 5.84.